The number of carboxylic acid groups (broad SMARTS) is 1. The molecule has 1 atom stereocenters. The van der Waals surface area contributed by atoms with Gasteiger partial charge >= 0.3 is 5.97 Å². The summed E-state index contributed by atoms with van der Waals surface area (Å²) in [5.74, 6) is -0.637. The lowest BCUT2D eigenvalue weighted by Crippen LogP contribution is -2.34. The number of imidazole rings is 1. The van der Waals surface area contributed by atoms with E-state index in [1.54, 1.807) is 6.20 Å². The van der Waals surface area contributed by atoms with E-state index in [9.17, 15) is 9.90 Å². The summed E-state index contributed by atoms with van der Waals surface area (Å²) in [6.45, 7) is 5.49. The number of carboxylic acids is 1. The first-order chi connectivity index (χ1) is 8.66. The number of aryl methyl sites for hydroxylation is 1. The average molecular weight is 251 g/mol. The highest BCUT2D eigenvalue weighted by Gasteiger charge is 2.42. The first-order valence-corrected chi connectivity index (χ1v) is 6.58. The number of hydrogen-bond donors (Lipinski definition) is 1. The van der Waals surface area contributed by atoms with Gasteiger partial charge in [-0.3, -0.25) is 4.79 Å². The van der Waals surface area contributed by atoms with E-state index in [-0.39, 0.29) is 0 Å². The van der Waals surface area contributed by atoms with E-state index >= 15 is 0 Å². The number of carbonyl (C=O) groups is 1. The summed E-state index contributed by atoms with van der Waals surface area (Å²) in [5.41, 5.74) is -0.505. The van der Waals surface area contributed by atoms with Crippen LogP contribution in [0, 0.1) is 5.41 Å². The lowest BCUT2D eigenvalue weighted by atomic mass is 9.84. The van der Waals surface area contributed by atoms with Crippen molar-refractivity contribution in [2.45, 2.75) is 32.7 Å². The minimum Gasteiger partial charge on any atom is -0.481 e. The van der Waals surface area contributed by atoms with Crippen molar-refractivity contribution in [3.8, 4) is 0 Å². The molecule has 1 aliphatic heterocycles. The smallest absolute Gasteiger partial charge is 0.310 e. The third-order valence-corrected chi connectivity index (χ3v) is 4.01. The van der Waals surface area contributed by atoms with Gasteiger partial charge in [-0.25, -0.2) is 4.98 Å². The number of likely N-dealkylation sites (tertiary alicyclic amines) is 1. The van der Waals surface area contributed by atoms with Crippen LogP contribution in [0.4, 0.5) is 0 Å². The number of aromatic nitrogens is 2. The fourth-order valence-corrected chi connectivity index (χ4v) is 2.66. The molecule has 0 spiro atoms. The van der Waals surface area contributed by atoms with Crippen molar-refractivity contribution in [2.24, 2.45) is 5.41 Å². The Hall–Kier alpha value is -1.36. The van der Waals surface area contributed by atoms with Crippen molar-refractivity contribution in [3.05, 3.63) is 18.7 Å². The van der Waals surface area contributed by atoms with Crippen LogP contribution in [-0.2, 0) is 11.3 Å². The van der Waals surface area contributed by atoms with Gasteiger partial charge in [0.05, 0.1) is 11.7 Å². The second-order valence-electron chi connectivity index (χ2n) is 5.12. The number of aliphatic carboxylic acids is 1. The van der Waals surface area contributed by atoms with Crippen molar-refractivity contribution >= 4 is 5.97 Å². The molecule has 0 bridgehead atoms. The molecule has 1 aromatic heterocycles. The van der Waals surface area contributed by atoms with Crippen LogP contribution in [-0.4, -0.2) is 45.2 Å². The average Bonchev–Trinajstić information content (AvgIpc) is 2.98. The van der Waals surface area contributed by atoms with Crippen LogP contribution in [0.5, 0.6) is 0 Å². The highest BCUT2D eigenvalue weighted by Crippen LogP contribution is 2.34. The maximum atomic E-state index is 11.3. The Morgan fingerprint density at radius 1 is 1.50 bits per heavy atom. The van der Waals surface area contributed by atoms with Crippen LogP contribution in [0.3, 0.4) is 0 Å². The minimum absolute atomic E-state index is 0.505. The molecular formula is C13H21N3O2. The van der Waals surface area contributed by atoms with Crippen LogP contribution in [0.2, 0.25) is 0 Å². The summed E-state index contributed by atoms with van der Waals surface area (Å²) >= 11 is 0. The maximum absolute atomic E-state index is 11.3. The minimum atomic E-state index is -0.637. The molecule has 1 fully saturated rings. The van der Waals surface area contributed by atoms with Gasteiger partial charge in [-0.05, 0) is 32.4 Å². The molecule has 2 heterocycles. The van der Waals surface area contributed by atoms with Crippen molar-refractivity contribution in [1.82, 2.24) is 14.5 Å². The van der Waals surface area contributed by atoms with E-state index in [0.29, 0.717) is 6.54 Å². The first kappa shape index (κ1) is 13.1. The summed E-state index contributed by atoms with van der Waals surface area (Å²) in [6, 6.07) is 0. The molecule has 2 rings (SSSR count). The Balaban J connectivity index is 1.77. The third-order valence-electron chi connectivity index (χ3n) is 4.01. The summed E-state index contributed by atoms with van der Waals surface area (Å²) < 4.78 is 2.06. The molecule has 1 unspecified atom stereocenters. The van der Waals surface area contributed by atoms with Gasteiger partial charge in [-0.2, -0.15) is 0 Å². The first-order valence-electron chi connectivity index (χ1n) is 6.58. The lowest BCUT2D eigenvalue weighted by molar-refractivity contribution is -0.148. The van der Waals surface area contributed by atoms with Gasteiger partial charge in [-0.15, -0.1) is 0 Å². The monoisotopic (exact) mass is 251 g/mol. The Bertz CT molecular complexity index is 391. The van der Waals surface area contributed by atoms with Crippen LogP contribution >= 0.6 is 0 Å². The van der Waals surface area contributed by atoms with E-state index in [0.717, 1.165) is 38.9 Å². The van der Waals surface area contributed by atoms with E-state index in [2.05, 4.69) is 14.5 Å². The molecule has 1 aliphatic rings. The molecule has 5 nitrogen and oxygen atoms in total. The molecule has 1 aromatic rings. The zero-order valence-corrected chi connectivity index (χ0v) is 10.9. The molecule has 0 amide bonds. The molecule has 5 heteroatoms. The van der Waals surface area contributed by atoms with Crippen LogP contribution in [0.25, 0.3) is 0 Å². The van der Waals surface area contributed by atoms with Crippen molar-refractivity contribution in [1.29, 1.82) is 0 Å². The second-order valence-corrected chi connectivity index (χ2v) is 5.12. The summed E-state index contributed by atoms with van der Waals surface area (Å²) in [4.78, 5) is 17.6. The Kier molecular flexibility index (Phi) is 4.01. The number of nitrogens with zero attached hydrogens (tertiary/aromatic N) is 3. The molecule has 0 saturated carbocycles. The van der Waals surface area contributed by atoms with Gasteiger partial charge < -0.3 is 14.6 Å². The van der Waals surface area contributed by atoms with Crippen molar-refractivity contribution < 1.29 is 9.90 Å². The fourth-order valence-electron chi connectivity index (χ4n) is 2.66. The predicted octanol–water partition coefficient (Wildman–Crippen LogP) is 1.46. The van der Waals surface area contributed by atoms with Gasteiger partial charge in [0, 0.05) is 25.5 Å². The molecule has 0 radical (unpaired) electrons. The van der Waals surface area contributed by atoms with E-state index in [4.69, 9.17) is 0 Å². The Morgan fingerprint density at radius 3 is 2.89 bits per heavy atom. The summed E-state index contributed by atoms with van der Waals surface area (Å²) in [5, 5.41) is 9.32. The van der Waals surface area contributed by atoms with Crippen molar-refractivity contribution in [3.63, 3.8) is 0 Å². The maximum Gasteiger partial charge on any atom is 0.310 e. The molecule has 18 heavy (non-hydrogen) atoms. The summed E-state index contributed by atoms with van der Waals surface area (Å²) in [7, 11) is 0. The Labute approximate surface area is 107 Å². The standard InChI is InChI=1S/C13H21N3O2/c1-2-13(12(17)18)4-8-15(10-13)6-3-7-16-9-5-14-11-16/h5,9,11H,2-4,6-8,10H2,1H3,(H,17,18). The normalized spacial score (nSPS) is 24.5. The molecule has 0 aliphatic carbocycles. The number of hydrogen-bond acceptors (Lipinski definition) is 3. The fraction of sp³-hybridized carbons (Fsp3) is 0.692. The van der Waals surface area contributed by atoms with Crippen LogP contribution in [0.1, 0.15) is 26.2 Å². The van der Waals surface area contributed by atoms with Crippen molar-refractivity contribution in [2.75, 3.05) is 19.6 Å². The van der Waals surface area contributed by atoms with E-state index in [1.165, 1.54) is 0 Å². The quantitative estimate of drug-likeness (QED) is 0.831. The summed E-state index contributed by atoms with van der Waals surface area (Å²) in [6.07, 6.45) is 8.09. The van der Waals surface area contributed by atoms with Crippen LogP contribution in [0.15, 0.2) is 18.7 Å². The zero-order valence-electron chi connectivity index (χ0n) is 10.9. The van der Waals surface area contributed by atoms with Gasteiger partial charge in [0.2, 0.25) is 0 Å². The molecule has 1 N–H and O–H groups in total. The van der Waals surface area contributed by atoms with Gasteiger partial charge in [0.25, 0.3) is 0 Å². The third kappa shape index (κ3) is 2.72. The van der Waals surface area contributed by atoms with Gasteiger partial charge in [0.1, 0.15) is 0 Å². The topological polar surface area (TPSA) is 58.4 Å². The second kappa shape index (κ2) is 5.52. The largest absolute Gasteiger partial charge is 0.481 e. The molecule has 1 saturated heterocycles. The van der Waals surface area contributed by atoms with Crippen LogP contribution < -0.4 is 0 Å². The predicted molar refractivity (Wildman–Crippen MR) is 68.3 cm³/mol. The number of rotatable bonds is 6. The molecule has 0 aromatic carbocycles. The van der Waals surface area contributed by atoms with Gasteiger partial charge in [-0.1, -0.05) is 6.92 Å². The molecule has 100 valence electrons. The van der Waals surface area contributed by atoms with Gasteiger partial charge in [0.15, 0.2) is 0 Å². The highest BCUT2D eigenvalue weighted by molar-refractivity contribution is 5.75. The van der Waals surface area contributed by atoms with E-state index in [1.807, 2.05) is 19.4 Å². The van der Waals surface area contributed by atoms with E-state index < -0.39 is 11.4 Å². The molecular weight excluding hydrogens is 230 g/mol. The Morgan fingerprint density at radius 2 is 2.33 bits per heavy atom. The zero-order chi connectivity index (χ0) is 13.0. The lowest BCUT2D eigenvalue weighted by Gasteiger charge is -2.23. The highest BCUT2D eigenvalue weighted by atomic mass is 16.4. The SMILES string of the molecule is CCC1(C(=O)O)CCN(CCCn2ccnc2)C1.